The summed E-state index contributed by atoms with van der Waals surface area (Å²) in [6.45, 7) is 1.54. The Hall–Kier alpha value is -3.17. The number of hydrogen-bond donors (Lipinski definition) is 2. The van der Waals surface area contributed by atoms with Crippen LogP contribution in [0.5, 0.6) is 5.75 Å². The van der Waals surface area contributed by atoms with Crippen molar-refractivity contribution in [3.05, 3.63) is 63.7 Å². The summed E-state index contributed by atoms with van der Waals surface area (Å²) in [5, 5.41) is 0.150. The number of nitrogen functional groups attached to an aromatic ring is 1. The van der Waals surface area contributed by atoms with Crippen LogP contribution in [-0.2, 0) is 4.79 Å². The van der Waals surface area contributed by atoms with Gasteiger partial charge in [0.05, 0.1) is 12.1 Å². The molecular formula is C20H18ClFN4O3S. The van der Waals surface area contributed by atoms with Crippen molar-refractivity contribution < 1.29 is 18.7 Å². The Morgan fingerprint density at radius 2 is 1.90 bits per heavy atom. The Bertz CT molecular complexity index is 1100. The number of carbonyl (C=O) groups excluding carboxylic acids is 2. The number of ether oxygens (including phenoxy) is 1. The Morgan fingerprint density at radius 3 is 2.47 bits per heavy atom. The van der Waals surface area contributed by atoms with Crippen molar-refractivity contribution in [2.45, 2.75) is 13.0 Å². The van der Waals surface area contributed by atoms with E-state index >= 15 is 0 Å². The van der Waals surface area contributed by atoms with E-state index in [1.165, 1.54) is 31.1 Å². The van der Waals surface area contributed by atoms with Gasteiger partial charge in [-0.25, -0.2) is 9.37 Å². The molecule has 4 N–H and O–H groups in total. The minimum Gasteiger partial charge on any atom is -0.497 e. The van der Waals surface area contributed by atoms with E-state index in [1.54, 1.807) is 24.3 Å². The van der Waals surface area contributed by atoms with Crippen LogP contribution in [0.2, 0.25) is 5.02 Å². The van der Waals surface area contributed by atoms with E-state index < -0.39 is 17.8 Å². The number of aromatic nitrogens is 1. The predicted octanol–water partition coefficient (Wildman–Crippen LogP) is 3.77. The van der Waals surface area contributed by atoms with E-state index in [0.717, 1.165) is 17.4 Å². The van der Waals surface area contributed by atoms with Gasteiger partial charge in [0.15, 0.2) is 5.13 Å². The number of hydrogen-bond acceptors (Lipinski definition) is 7. The number of nitrogens with zero attached hydrogens (tertiary/aromatic N) is 2. The fourth-order valence-corrected chi connectivity index (χ4v) is 3.89. The van der Waals surface area contributed by atoms with Gasteiger partial charge in [0.2, 0.25) is 11.7 Å². The fraction of sp³-hybridized carbons (Fsp3) is 0.150. The summed E-state index contributed by atoms with van der Waals surface area (Å²) in [7, 11) is 1.53. The number of methoxy groups -OCH3 is 1. The summed E-state index contributed by atoms with van der Waals surface area (Å²) in [4.78, 5) is 30.6. The monoisotopic (exact) mass is 448 g/mol. The van der Waals surface area contributed by atoms with Crippen LogP contribution in [0.1, 0.15) is 22.2 Å². The van der Waals surface area contributed by atoms with Crippen molar-refractivity contribution >= 4 is 51.3 Å². The number of carbonyl (C=O) groups is 2. The smallest absolute Gasteiger partial charge is 0.240 e. The van der Waals surface area contributed by atoms with E-state index in [0.29, 0.717) is 17.0 Å². The van der Waals surface area contributed by atoms with Gasteiger partial charge in [0.1, 0.15) is 28.3 Å². The average molecular weight is 449 g/mol. The topological polar surface area (TPSA) is 112 Å². The van der Waals surface area contributed by atoms with Gasteiger partial charge in [-0.05, 0) is 49.4 Å². The zero-order chi connectivity index (χ0) is 22.0. The number of primary amides is 1. The van der Waals surface area contributed by atoms with Crippen LogP contribution in [0.4, 0.5) is 21.0 Å². The lowest BCUT2D eigenvalue weighted by Gasteiger charge is -2.26. The molecule has 2 aromatic carbocycles. The van der Waals surface area contributed by atoms with Gasteiger partial charge < -0.3 is 21.1 Å². The van der Waals surface area contributed by atoms with Gasteiger partial charge in [-0.3, -0.25) is 9.59 Å². The molecule has 0 fully saturated rings. The molecule has 1 amide bonds. The third kappa shape index (κ3) is 4.22. The second-order valence-electron chi connectivity index (χ2n) is 6.32. The molecule has 0 bridgehead atoms. The average Bonchev–Trinajstić information content (AvgIpc) is 3.11. The lowest BCUT2D eigenvalue weighted by atomic mass is 10.1. The highest BCUT2D eigenvalue weighted by atomic mass is 35.5. The zero-order valence-electron chi connectivity index (χ0n) is 16.1. The molecule has 0 saturated carbocycles. The summed E-state index contributed by atoms with van der Waals surface area (Å²) in [5.41, 5.74) is 12.2. The zero-order valence-corrected chi connectivity index (χ0v) is 17.6. The van der Waals surface area contributed by atoms with E-state index in [9.17, 15) is 14.0 Å². The first-order chi connectivity index (χ1) is 14.2. The van der Waals surface area contributed by atoms with Gasteiger partial charge in [-0.2, -0.15) is 0 Å². The maximum atomic E-state index is 14.0. The summed E-state index contributed by atoms with van der Waals surface area (Å²) < 4.78 is 19.1. The predicted molar refractivity (Wildman–Crippen MR) is 115 cm³/mol. The molecule has 156 valence electrons. The first-order valence-corrected chi connectivity index (χ1v) is 9.91. The van der Waals surface area contributed by atoms with Gasteiger partial charge >= 0.3 is 0 Å². The Kier molecular flexibility index (Phi) is 6.23. The van der Waals surface area contributed by atoms with Gasteiger partial charge in [-0.15, -0.1) is 0 Å². The number of nitrogens with two attached hydrogens (primary N) is 2. The van der Waals surface area contributed by atoms with Crippen LogP contribution >= 0.6 is 22.9 Å². The minimum absolute atomic E-state index is 0.00748. The number of ketones is 1. The Balaban J connectivity index is 2.04. The second kappa shape index (κ2) is 8.68. The van der Waals surface area contributed by atoms with Gasteiger partial charge in [-0.1, -0.05) is 22.9 Å². The van der Waals surface area contributed by atoms with Crippen LogP contribution in [-0.4, -0.2) is 29.8 Å². The molecule has 0 spiro atoms. The number of halogens is 2. The first-order valence-electron chi connectivity index (χ1n) is 8.71. The lowest BCUT2D eigenvalue weighted by molar-refractivity contribution is -0.118. The lowest BCUT2D eigenvalue weighted by Crippen LogP contribution is -2.40. The van der Waals surface area contributed by atoms with E-state index in [-0.39, 0.29) is 26.6 Å². The molecule has 1 atom stereocenters. The molecule has 1 heterocycles. The number of benzene rings is 2. The van der Waals surface area contributed by atoms with Crippen molar-refractivity contribution in [1.82, 2.24) is 4.98 Å². The maximum absolute atomic E-state index is 14.0. The SMILES string of the molecule is COc1ccc(C(=O)c2sc(N(c3ccc(Cl)c(F)c3)[C@@H](C)C(N)=O)nc2N)cc1. The van der Waals surface area contributed by atoms with Crippen LogP contribution in [0, 0.1) is 5.82 Å². The summed E-state index contributed by atoms with van der Waals surface area (Å²) in [6.07, 6.45) is 0. The molecular weight excluding hydrogens is 431 g/mol. The molecule has 7 nitrogen and oxygen atoms in total. The molecule has 0 saturated heterocycles. The number of amides is 1. The normalized spacial score (nSPS) is 11.7. The number of anilines is 3. The second-order valence-corrected chi connectivity index (χ2v) is 7.70. The van der Waals surface area contributed by atoms with Crippen LogP contribution in [0.3, 0.4) is 0 Å². The quantitative estimate of drug-likeness (QED) is 0.532. The van der Waals surface area contributed by atoms with Crippen molar-refractivity contribution in [2.75, 3.05) is 17.7 Å². The molecule has 1 aromatic heterocycles. The highest BCUT2D eigenvalue weighted by Gasteiger charge is 2.28. The molecule has 0 aliphatic heterocycles. The summed E-state index contributed by atoms with van der Waals surface area (Å²) in [6, 6.07) is 9.68. The highest BCUT2D eigenvalue weighted by Crippen LogP contribution is 2.37. The van der Waals surface area contributed by atoms with Crippen molar-refractivity contribution in [3.8, 4) is 5.75 Å². The van der Waals surface area contributed by atoms with E-state index in [2.05, 4.69) is 4.98 Å². The molecule has 0 aliphatic rings. The van der Waals surface area contributed by atoms with Gasteiger partial charge in [0.25, 0.3) is 0 Å². The maximum Gasteiger partial charge on any atom is 0.240 e. The van der Waals surface area contributed by atoms with Crippen molar-refractivity contribution in [3.63, 3.8) is 0 Å². The highest BCUT2D eigenvalue weighted by molar-refractivity contribution is 7.18. The molecule has 0 radical (unpaired) electrons. The fourth-order valence-electron chi connectivity index (χ4n) is 2.72. The summed E-state index contributed by atoms with van der Waals surface area (Å²) in [5.74, 6) is -1.08. The molecule has 30 heavy (non-hydrogen) atoms. The Morgan fingerprint density at radius 1 is 1.23 bits per heavy atom. The molecule has 0 unspecified atom stereocenters. The molecule has 0 aliphatic carbocycles. The number of thiazole rings is 1. The molecule has 3 aromatic rings. The molecule has 3 rings (SSSR count). The molecule has 10 heteroatoms. The van der Waals surface area contributed by atoms with Crippen LogP contribution in [0.15, 0.2) is 42.5 Å². The third-order valence-corrected chi connectivity index (χ3v) is 5.76. The van der Waals surface area contributed by atoms with Crippen LogP contribution < -0.4 is 21.1 Å². The first kappa shape index (κ1) is 21.5. The summed E-state index contributed by atoms with van der Waals surface area (Å²) >= 11 is 6.74. The third-order valence-electron chi connectivity index (χ3n) is 4.39. The minimum atomic E-state index is -0.889. The van der Waals surface area contributed by atoms with Crippen molar-refractivity contribution in [1.29, 1.82) is 0 Å². The largest absolute Gasteiger partial charge is 0.497 e. The van der Waals surface area contributed by atoms with E-state index in [4.69, 9.17) is 27.8 Å². The Labute approximate surface area is 181 Å². The van der Waals surface area contributed by atoms with Crippen molar-refractivity contribution in [2.24, 2.45) is 5.73 Å². The standard InChI is InChI=1S/C20H18ClFN4O3S/c1-10(19(24)28)26(12-5-8-14(21)15(22)9-12)20-25-18(23)17(30-20)16(27)11-3-6-13(29-2)7-4-11/h3-10H,23H2,1-2H3,(H2,24,28)/t10-/m0/s1. The number of rotatable bonds is 7. The van der Waals surface area contributed by atoms with Gasteiger partial charge in [0, 0.05) is 11.3 Å². The van der Waals surface area contributed by atoms with Crippen LogP contribution in [0.25, 0.3) is 0 Å². The van der Waals surface area contributed by atoms with E-state index in [1.807, 2.05) is 0 Å².